The number of likely N-dealkylation sites (N-methyl/N-ethyl adjacent to an activating group) is 1. The number of carboxylic acid groups (broad SMARTS) is 1. The van der Waals surface area contributed by atoms with Gasteiger partial charge in [-0.1, -0.05) is 0 Å². The maximum absolute atomic E-state index is 12.4. The largest absolute Gasteiger partial charge is 0.481 e. The predicted octanol–water partition coefficient (Wildman–Crippen LogP) is 0.750. The summed E-state index contributed by atoms with van der Waals surface area (Å²) in [7, 11) is 0. The molecule has 3 amide bonds. The molecule has 0 unspecified atom stereocenters. The molecular weight excluding hydrogens is 274 g/mol. The van der Waals surface area contributed by atoms with Gasteiger partial charge in [0.25, 0.3) is 0 Å². The SMILES string of the molecule is CCN(CC(=O)NC(C)C)C(=O)N1CCC(C(=O)O)CC1. The first-order chi connectivity index (χ1) is 9.85. The molecule has 120 valence electrons. The Labute approximate surface area is 125 Å². The number of nitrogens with one attached hydrogen (secondary N) is 1. The van der Waals surface area contributed by atoms with Crippen LogP contribution in [0.15, 0.2) is 0 Å². The van der Waals surface area contributed by atoms with Crippen molar-refractivity contribution in [2.45, 2.75) is 39.7 Å². The van der Waals surface area contributed by atoms with Crippen molar-refractivity contribution in [3.8, 4) is 0 Å². The molecule has 0 radical (unpaired) electrons. The lowest BCUT2D eigenvalue weighted by Crippen LogP contribution is -2.50. The van der Waals surface area contributed by atoms with Crippen LogP contribution in [0.5, 0.6) is 0 Å². The Morgan fingerprint density at radius 1 is 1.29 bits per heavy atom. The van der Waals surface area contributed by atoms with Gasteiger partial charge in [0, 0.05) is 25.7 Å². The maximum atomic E-state index is 12.4. The van der Waals surface area contributed by atoms with Crippen molar-refractivity contribution in [3.05, 3.63) is 0 Å². The van der Waals surface area contributed by atoms with Crippen LogP contribution in [-0.2, 0) is 9.59 Å². The molecule has 0 atom stereocenters. The lowest BCUT2D eigenvalue weighted by molar-refractivity contribution is -0.143. The van der Waals surface area contributed by atoms with Gasteiger partial charge in [-0.2, -0.15) is 0 Å². The van der Waals surface area contributed by atoms with E-state index in [2.05, 4.69) is 5.32 Å². The van der Waals surface area contributed by atoms with E-state index >= 15 is 0 Å². The Bertz CT molecular complexity index is 390. The number of rotatable bonds is 5. The van der Waals surface area contributed by atoms with Crippen molar-refractivity contribution in [3.63, 3.8) is 0 Å². The summed E-state index contributed by atoms with van der Waals surface area (Å²) in [5.41, 5.74) is 0. The number of piperidine rings is 1. The topological polar surface area (TPSA) is 90.0 Å². The maximum Gasteiger partial charge on any atom is 0.320 e. The zero-order valence-corrected chi connectivity index (χ0v) is 13.0. The van der Waals surface area contributed by atoms with E-state index < -0.39 is 5.97 Å². The van der Waals surface area contributed by atoms with Gasteiger partial charge in [-0.3, -0.25) is 9.59 Å². The fraction of sp³-hybridized carbons (Fsp3) is 0.786. The second-order valence-corrected chi connectivity index (χ2v) is 5.62. The number of aliphatic carboxylic acids is 1. The van der Waals surface area contributed by atoms with Gasteiger partial charge in [-0.05, 0) is 33.6 Å². The van der Waals surface area contributed by atoms with E-state index in [9.17, 15) is 14.4 Å². The third kappa shape index (κ3) is 5.24. The summed E-state index contributed by atoms with van der Waals surface area (Å²) in [6.07, 6.45) is 0.938. The number of nitrogens with zero attached hydrogens (tertiary/aromatic N) is 2. The van der Waals surface area contributed by atoms with Crippen molar-refractivity contribution < 1.29 is 19.5 Å². The normalized spacial score (nSPS) is 15.9. The van der Waals surface area contributed by atoms with E-state index in [1.807, 2.05) is 20.8 Å². The standard InChI is InChI=1S/C14H25N3O4/c1-4-16(9-12(18)15-10(2)3)14(21)17-7-5-11(6-8-17)13(19)20/h10-11H,4-9H2,1-3H3,(H,15,18)(H,19,20). The summed E-state index contributed by atoms with van der Waals surface area (Å²) >= 11 is 0. The highest BCUT2D eigenvalue weighted by Crippen LogP contribution is 2.18. The number of carbonyl (C=O) groups is 3. The van der Waals surface area contributed by atoms with Crippen LogP contribution < -0.4 is 5.32 Å². The molecular formula is C14H25N3O4. The van der Waals surface area contributed by atoms with E-state index in [1.165, 1.54) is 4.90 Å². The number of amides is 3. The predicted molar refractivity (Wildman–Crippen MR) is 77.9 cm³/mol. The van der Waals surface area contributed by atoms with Crippen molar-refractivity contribution in [2.24, 2.45) is 5.92 Å². The number of urea groups is 1. The van der Waals surface area contributed by atoms with Crippen molar-refractivity contribution >= 4 is 17.9 Å². The molecule has 0 spiro atoms. The summed E-state index contributed by atoms with van der Waals surface area (Å²) in [4.78, 5) is 38.1. The molecule has 1 saturated heterocycles. The minimum Gasteiger partial charge on any atom is -0.481 e. The quantitative estimate of drug-likeness (QED) is 0.784. The Morgan fingerprint density at radius 2 is 1.86 bits per heavy atom. The van der Waals surface area contributed by atoms with E-state index in [4.69, 9.17) is 5.11 Å². The lowest BCUT2D eigenvalue weighted by Gasteiger charge is -2.34. The van der Waals surface area contributed by atoms with Crippen LogP contribution >= 0.6 is 0 Å². The minimum absolute atomic E-state index is 0.0341. The first-order valence-electron chi connectivity index (χ1n) is 7.41. The van der Waals surface area contributed by atoms with E-state index in [1.54, 1.807) is 4.90 Å². The lowest BCUT2D eigenvalue weighted by atomic mass is 9.97. The van der Waals surface area contributed by atoms with E-state index in [-0.39, 0.29) is 30.4 Å². The average Bonchev–Trinajstić information content (AvgIpc) is 2.43. The number of likely N-dealkylation sites (tertiary alicyclic amines) is 1. The van der Waals surface area contributed by atoms with Gasteiger partial charge >= 0.3 is 12.0 Å². The third-order valence-corrected chi connectivity index (χ3v) is 3.55. The Balaban J connectivity index is 2.52. The highest BCUT2D eigenvalue weighted by atomic mass is 16.4. The molecule has 0 aromatic rings. The Hall–Kier alpha value is -1.79. The monoisotopic (exact) mass is 299 g/mol. The summed E-state index contributed by atoms with van der Waals surface area (Å²) in [6.45, 7) is 6.90. The molecule has 7 nitrogen and oxygen atoms in total. The zero-order chi connectivity index (χ0) is 16.0. The van der Waals surface area contributed by atoms with Crippen LogP contribution in [0.4, 0.5) is 4.79 Å². The molecule has 0 saturated carbocycles. The number of carboxylic acids is 1. The van der Waals surface area contributed by atoms with Gasteiger partial charge < -0.3 is 20.2 Å². The van der Waals surface area contributed by atoms with Gasteiger partial charge in [-0.15, -0.1) is 0 Å². The van der Waals surface area contributed by atoms with Crippen LogP contribution in [0.1, 0.15) is 33.6 Å². The van der Waals surface area contributed by atoms with E-state index in [0.717, 1.165) is 0 Å². The molecule has 1 heterocycles. The molecule has 1 fully saturated rings. The fourth-order valence-electron chi connectivity index (χ4n) is 2.37. The third-order valence-electron chi connectivity index (χ3n) is 3.55. The number of hydrogen-bond acceptors (Lipinski definition) is 3. The van der Waals surface area contributed by atoms with Crippen LogP contribution in [-0.4, -0.2) is 65.0 Å². The van der Waals surface area contributed by atoms with E-state index in [0.29, 0.717) is 32.5 Å². The van der Waals surface area contributed by atoms with Gasteiger partial charge in [-0.25, -0.2) is 4.79 Å². The molecule has 1 aliphatic heterocycles. The molecule has 1 rings (SSSR count). The summed E-state index contributed by atoms with van der Waals surface area (Å²) in [5.74, 6) is -1.35. The highest BCUT2D eigenvalue weighted by molar-refractivity contribution is 5.84. The summed E-state index contributed by atoms with van der Waals surface area (Å²) in [5, 5.41) is 11.7. The van der Waals surface area contributed by atoms with Crippen molar-refractivity contribution in [1.82, 2.24) is 15.1 Å². The van der Waals surface area contributed by atoms with Gasteiger partial charge in [0.1, 0.15) is 6.54 Å². The zero-order valence-electron chi connectivity index (χ0n) is 13.0. The van der Waals surface area contributed by atoms with Gasteiger partial charge in [0.05, 0.1) is 5.92 Å². The van der Waals surface area contributed by atoms with Crippen LogP contribution in [0.25, 0.3) is 0 Å². The summed E-state index contributed by atoms with van der Waals surface area (Å²) < 4.78 is 0. The first kappa shape index (κ1) is 17.3. The van der Waals surface area contributed by atoms with Crippen molar-refractivity contribution in [1.29, 1.82) is 0 Å². The molecule has 2 N–H and O–H groups in total. The molecule has 0 aliphatic carbocycles. The molecule has 7 heteroatoms. The second-order valence-electron chi connectivity index (χ2n) is 5.62. The van der Waals surface area contributed by atoms with Crippen molar-refractivity contribution in [2.75, 3.05) is 26.2 Å². The molecule has 0 bridgehead atoms. The Kier molecular flexibility index (Phi) is 6.45. The Morgan fingerprint density at radius 3 is 2.29 bits per heavy atom. The first-order valence-corrected chi connectivity index (χ1v) is 7.41. The minimum atomic E-state index is -0.800. The molecule has 21 heavy (non-hydrogen) atoms. The molecule has 0 aromatic heterocycles. The number of hydrogen-bond donors (Lipinski definition) is 2. The van der Waals surface area contributed by atoms with Gasteiger partial charge in [0.2, 0.25) is 5.91 Å². The van der Waals surface area contributed by atoms with Crippen LogP contribution in [0, 0.1) is 5.92 Å². The summed E-state index contributed by atoms with van der Waals surface area (Å²) in [6, 6.07) is -0.155. The van der Waals surface area contributed by atoms with Crippen LogP contribution in [0.3, 0.4) is 0 Å². The second kappa shape index (κ2) is 7.85. The van der Waals surface area contributed by atoms with Gasteiger partial charge in [0.15, 0.2) is 0 Å². The average molecular weight is 299 g/mol. The highest BCUT2D eigenvalue weighted by Gasteiger charge is 2.29. The molecule has 0 aromatic carbocycles. The number of carbonyl (C=O) groups excluding carboxylic acids is 2. The smallest absolute Gasteiger partial charge is 0.320 e. The fourth-order valence-corrected chi connectivity index (χ4v) is 2.37. The molecule has 1 aliphatic rings. The van der Waals surface area contributed by atoms with Crippen LogP contribution in [0.2, 0.25) is 0 Å².